The van der Waals surface area contributed by atoms with Gasteiger partial charge in [0.2, 0.25) is 12.6 Å². The minimum atomic E-state index is -1.52. The molecule has 4 aliphatic rings. The van der Waals surface area contributed by atoms with Gasteiger partial charge in [0.1, 0.15) is 24.1 Å². The summed E-state index contributed by atoms with van der Waals surface area (Å²) in [6.07, 6.45) is 8.53. The number of amides is 1. The number of phenols is 1. The molecule has 0 spiro atoms. The SMILES string of the molecule is C=CCOC12Oc3ccc(O)cc3C3C(CCCCO)C(CCCCO)C=C(C(=NOCc4ccccc4)CC1N(Cc1ccc4c(c1)OCO4)C(=O)c1ccc(C#N)cc1)C32. The maximum absolute atomic E-state index is 15.3. The van der Waals surface area contributed by atoms with Crippen LogP contribution in [0.3, 0.4) is 0 Å². The van der Waals surface area contributed by atoms with Gasteiger partial charge in [-0.05, 0) is 109 Å². The van der Waals surface area contributed by atoms with Crippen LogP contribution in [0.15, 0.2) is 120 Å². The predicted octanol–water partition coefficient (Wildman–Crippen LogP) is 8.17. The number of aliphatic hydroxyl groups is 2. The largest absolute Gasteiger partial charge is 0.508 e. The maximum atomic E-state index is 15.3. The zero-order valence-electron chi connectivity index (χ0n) is 34.7. The predicted molar refractivity (Wildman–Crippen MR) is 231 cm³/mol. The Labute approximate surface area is 362 Å². The number of carbonyl (C=O) groups excluding carboxylic acids is 1. The van der Waals surface area contributed by atoms with Gasteiger partial charge in [0.15, 0.2) is 11.5 Å². The number of aliphatic hydroxyl groups excluding tert-OH is 2. The molecule has 12 heteroatoms. The molecule has 4 aromatic rings. The Morgan fingerprint density at radius 3 is 2.44 bits per heavy atom. The summed E-state index contributed by atoms with van der Waals surface area (Å²) in [5, 5.41) is 45.5. The number of hydrogen-bond acceptors (Lipinski definition) is 11. The average Bonchev–Trinajstić information content (AvgIpc) is 3.77. The molecule has 2 aliphatic carbocycles. The molecule has 0 radical (unpaired) electrons. The minimum Gasteiger partial charge on any atom is -0.508 e. The van der Waals surface area contributed by atoms with Crippen LogP contribution in [-0.2, 0) is 22.7 Å². The van der Waals surface area contributed by atoms with Gasteiger partial charge in [0.25, 0.3) is 5.91 Å². The van der Waals surface area contributed by atoms with Gasteiger partial charge in [0.05, 0.1) is 29.9 Å². The number of hydrogen-bond donors (Lipinski definition) is 3. The van der Waals surface area contributed by atoms with Gasteiger partial charge >= 0.3 is 0 Å². The zero-order valence-corrected chi connectivity index (χ0v) is 34.7. The first-order chi connectivity index (χ1) is 30.4. The van der Waals surface area contributed by atoms with Crippen molar-refractivity contribution in [2.45, 2.75) is 75.8 Å². The third-order valence-electron chi connectivity index (χ3n) is 12.6. The van der Waals surface area contributed by atoms with Crippen LogP contribution in [0.4, 0.5) is 0 Å². The number of benzene rings is 4. The molecule has 0 saturated heterocycles. The van der Waals surface area contributed by atoms with Crippen molar-refractivity contribution >= 4 is 11.6 Å². The second-order valence-electron chi connectivity index (χ2n) is 16.4. The van der Waals surface area contributed by atoms with Crippen molar-refractivity contribution in [3.8, 4) is 29.1 Å². The standard InChI is InChI=1S/C50H53N3O9/c1-2-24-60-50-46(53(49(57)36-17-14-33(29-51)15-18-36)30-35-16-20-44-45(25-35)59-32-58-44)28-42(52-61-31-34-10-4-3-5-11-34)40-26-37(12-6-8-22-54)39(13-7-9-23-55)47(48(40)50)41-27-38(56)19-21-43(41)62-50/h2-5,10-11,14-21,25-27,37,39,46-48,54-56H,1,6-9,12-13,22-24,28,30-32H2. The Bertz CT molecular complexity index is 2320. The Morgan fingerprint density at radius 1 is 0.919 bits per heavy atom. The fourth-order valence-electron chi connectivity index (χ4n) is 9.83. The Morgan fingerprint density at radius 2 is 1.68 bits per heavy atom. The van der Waals surface area contributed by atoms with Crippen molar-refractivity contribution in [3.63, 3.8) is 0 Å². The number of unbranched alkanes of at least 4 members (excludes halogenated alkanes) is 2. The number of rotatable bonds is 18. The summed E-state index contributed by atoms with van der Waals surface area (Å²) in [5.41, 5.74) is 4.88. The molecule has 12 nitrogen and oxygen atoms in total. The van der Waals surface area contributed by atoms with E-state index in [4.69, 9.17) is 28.9 Å². The number of allylic oxidation sites excluding steroid dienone is 1. The second-order valence-corrected chi connectivity index (χ2v) is 16.4. The normalized spacial score (nSPS) is 23.6. The fourth-order valence-corrected chi connectivity index (χ4v) is 9.83. The highest BCUT2D eigenvalue weighted by molar-refractivity contribution is 6.03. The number of phenolic OH excluding ortho intramolecular Hbond substituents is 1. The average molecular weight is 840 g/mol. The lowest BCUT2D eigenvalue weighted by Gasteiger charge is -2.60. The van der Waals surface area contributed by atoms with E-state index < -0.39 is 17.7 Å². The number of ether oxygens (including phenoxy) is 4. The number of nitrogens with zero attached hydrogens (tertiary/aromatic N) is 3. The van der Waals surface area contributed by atoms with Crippen molar-refractivity contribution in [1.29, 1.82) is 5.26 Å². The van der Waals surface area contributed by atoms with Gasteiger partial charge in [-0.15, -0.1) is 6.58 Å². The van der Waals surface area contributed by atoms with E-state index >= 15 is 4.79 Å². The van der Waals surface area contributed by atoms with E-state index in [9.17, 15) is 20.6 Å². The van der Waals surface area contributed by atoms with E-state index in [-0.39, 0.29) is 75.6 Å². The molecule has 1 amide bonds. The summed E-state index contributed by atoms with van der Waals surface area (Å²) < 4.78 is 25.8. The molecule has 2 aliphatic heterocycles. The van der Waals surface area contributed by atoms with Crippen LogP contribution >= 0.6 is 0 Å². The molecular weight excluding hydrogens is 787 g/mol. The van der Waals surface area contributed by atoms with Crippen molar-refractivity contribution in [1.82, 2.24) is 4.90 Å². The van der Waals surface area contributed by atoms with Gasteiger partial charge in [-0.1, -0.05) is 66.5 Å². The quantitative estimate of drug-likeness (QED) is 0.0506. The monoisotopic (exact) mass is 839 g/mol. The van der Waals surface area contributed by atoms with Crippen LogP contribution < -0.4 is 14.2 Å². The van der Waals surface area contributed by atoms with Crippen LogP contribution in [0.5, 0.6) is 23.0 Å². The van der Waals surface area contributed by atoms with Crippen molar-refractivity contribution in [3.05, 3.63) is 143 Å². The van der Waals surface area contributed by atoms with Gasteiger partial charge in [-0.25, -0.2) is 0 Å². The van der Waals surface area contributed by atoms with Gasteiger partial charge < -0.3 is 44.0 Å². The molecule has 1 fully saturated rings. The van der Waals surface area contributed by atoms with Crippen LogP contribution in [0.25, 0.3) is 0 Å². The van der Waals surface area contributed by atoms with Crippen molar-refractivity contribution in [2.75, 3.05) is 26.6 Å². The third-order valence-corrected chi connectivity index (χ3v) is 12.6. The highest BCUT2D eigenvalue weighted by atomic mass is 16.7. The fraction of sp³-hybridized carbons (Fsp3) is 0.380. The highest BCUT2D eigenvalue weighted by Crippen LogP contribution is 2.62. The molecule has 0 bridgehead atoms. The summed E-state index contributed by atoms with van der Waals surface area (Å²) in [6, 6.07) is 28.5. The topological polar surface area (TPSA) is 163 Å². The number of fused-ring (bicyclic) bond motifs is 3. The van der Waals surface area contributed by atoms with Gasteiger partial charge in [0, 0.05) is 43.2 Å². The second kappa shape index (κ2) is 19.3. The maximum Gasteiger partial charge on any atom is 0.254 e. The minimum absolute atomic E-state index is 0.00748. The molecular formula is C50H53N3O9. The number of oxime groups is 1. The first-order valence-corrected chi connectivity index (χ1v) is 21.5. The summed E-state index contributed by atoms with van der Waals surface area (Å²) in [6.45, 7) is 4.70. The summed E-state index contributed by atoms with van der Waals surface area (Å²) in [7, 11) is 0. The molecule has 8 rings (SSSR count). The molecule has 6 atom stereocenters. The number of carbonyl (C=O) groups is 1. The van der Waals surface area contributed by atoms with Gasteiger partial charge in [-0.2, -0.15) is 5.26 Å². The van der Waals surface area contributed by atoms with E-state index in [1.807, 2.05) is 48.5 Å². The Balaban J connectivity index is 1.35. The lowest BCUT2D eigenvalue weighted by molar-refractivity contribution is -0.255. The van der Waals surface area contributed by atoms with Crippen molar-refractivity contribution in [2.24, 2.45) is 22.9 Å². The molecule has 322 valence electrons. The molecule has 1 saturated carbocycles. The first kappa shape index (κ1) is 42.6. The Kier molecular flexibility index (Phi) is 13.2. The molecule has 3 N–H and O–H groups in total. The van der Waals surface area contributed by atoms with Crippen LogP contribution in [0, 0.1) is 29.1 Å². The van der Waals surface area contributed by atoms with E-state index in [0.717, 1.165) is 47.9 Å². The summed E-state index contributed by atoms with van der Waals surface area (Å²) in [5.74, 6) is -0.843. The number of nitriles is 1. The van der Waals surface area contributed by atoms with E-state index in [1.165, 1.54) is 0 Å². The lowest BCUT2D eigenvalue weighted by Crippen LogP contribution is -2.70. The van der Waals surface area contributed by atoms with Crippen LogP contribution in [0.2, 0.25) is 0 Å². The van der Waals surface area contributed by atoms with Crippen LogP contribution in [-0.4, -0.2) is 70.3 Å². The molecule has 6 unspecified atom stereocenters. The van der Waals surface area contributed by atoms with E-state index in [2.05, 4.69) is 18.7 Å². The summed E-state index contributed by atoms with van der Waals surface area (Å²) >= 11 is 0. The smallest absolute Gasteiger partial charge is 0.254 e. The zero-order chi connectivity index (χ0) is 43.1. The van der Waals surface area contributed by atoms with Crippen molar-refractivity contribution < 1.29 is 43.9 Å². The van der Waals surface area contributed by atoms with E-state index in [1.54, 1.807) is 53.4 Å². The molecule has 0 aromatic heterocycles. The highest BCUT2D eigenvalue weighted by Gasteiger charge is 2.65. The first-order valence-electron chi connectivity index (χ1n) is 21.5. The summed E-state index contributed by atoms with van der Waals surface area (Å²) in [4.78, 5) is 23.3. The molecule has 62 heavy (non-hydrogen) atoms. The van der Waals surface area contributed by atoms with E-state index in [0.29, 0.717) is 46.9 Å². The molecule has 4 aromatic carbocycles. The third kappa shape index (κ3) is 8.66. The van der Waals surface area contributed by atoms with Crippen LogP contribution in [0.1, 0.15) is 83.5 Å². The van der Waals surface area contributed by atoms with Gasteiger partial charge in [-0.3, -0.25) is 4.79 Å². The lowest BCUT2D eigenvalue weighted by atomic mass is 9.55. The molecule has 2 heterocycles. The Hall–Kier alpha value is -6.13. The number of aromatic hydroxyl groups is 1.